The van der Waals surface area contributed by atoms with Crippen molar-refractivity contribution in [3.05, 3.63) is 23.8 Å². The molecule has 19 heavy (non-hydrogen) atoms. The zero-order valence-electron chi connectivity index (χ0n) is 12.7. The van der Waals surface area contributed by atoms with E-state index in [2.05, 4.69) is 34.6 Å². The van der Waals surface area contributed by atoms with Gasteiger partial charge in [0.15, 0.2) is 0 Å². The molecule has 0 atom stereocenters. The maximum Gasteiger partial charge on any atom is 0.495 e. The maximum absolute atomic E-state index is 6.07. The fraction of sp³-hybridized carbons (Fsp3) is 0.600. The van der Waals surface area contributed by atoms with Crippen molar-refractivity contribution in [1.29, 1.82) is 0 Å². The molecule has 1 fully saturated rings. The molecule has 3 nitrogen and oxygen atoms in total. The summed E-state index contributed by atoms with van der Waals surface area (Å²) in [6.07, 6.45) is 0. The molecule has 0 N–H and O–H groups in total. The molecule has 104 valence electrons. The molecule has 0 aliphatic carbocycles. The molecule has 0 spiro atoms. The third kappa shape index (κ3) is 2.65. The van der Waals surface area contributed by atoms with Crippen molar-refractivity contribution in [2.45, 2.75) is 52.7 Å². The first-order valence-electron chi connectivity index (χ1n) is 6.86. The summed E-state index contributed by atoms with van der Waals surface area (Å²) in [5, 5.41) is 0. The first-order valence-corrected chi connectivity index (χ1v) is 6.86. The fourth-order valence-corrected chi connectivity index (χ4v) is 2.14. The summed E-state index contributed by atoms with van der Waals surface area (Å²) >= 11 is 0. The van der Waals surface area contributed by atoms with Gasteiger partial charge in [-0.05, 0) is 64.7 Å². The molecule has 0 bridgehead atoms. The summed E-state index contributed by atoms with van der Waals surface area (Å²) in [5.74, 6) is 0.889. The minimum absolute atomic E-state index is 0.303. The Hall–Kier alpha value is -0.995. The molecular weight excluding hydrogens is 239 g/mol. The second-order valence-corrected chi connectivity index (χ2v) is 6.04. The molecule has 2 rings (SSSR count). The summed E-state index contributed by atoms with van der Waals surface area (Å²) < 4.78 is 17.6. The highest BCUT2D eigenvalue weighted by molar-refractivity contribution is 6.62. The number of benzene rings is 1. The lowest BCUT2D eigenvalue weighted by atomic mass is 9.76. The topological polar surface area (TPSA) is 27.7 Å². The zero-order valence-corrected chi connectivity index (χ0v) is 12.7. The van der Waals surface area contributed by atoms with E-state index >= 15 is 0 Å². The predicted octanol–water partition coefficient (Wildman–Crippen LogP) is 2.69. The van der Waals surface area contributed by atoms with Gasteiger partial charge in [0.25, 0.3) is 0 Å². The van der Waals surface area contributed by atoms with Crippen LogP contribution in [0.3, 0.4) is 0 Å². The van der Waals surface area contributed by atoms with Gasteiger partial charge in [0.2, 0.25) is 0 Å². The van der Waals surface area contributed by atoms with E-state index in [1.54, 1.807) is 0 Å². The number of hydrogen-bond acceptors (Lipinski definition) is 3. The normalized spacial score (nSPS) is 20.6. The molecule has 1 heterocycles. The van der Waals surface area contributed by atoms with Gasteiger partial charge in [0, 0.05) is 0 Å². The van der Waals surface area contributed by atoms with Crippen LogP contribution >= 0.6 is 0 Å². The molecule has 1 aromatic carbocycles. The van der Waals surface area contributed by atoms with E-state index in [1.165, 1.54) is 0 Å². The van der Waals surface area contributed by atoms with Gasteiger partial charge < -0.3 is 14.0 Å². The van der Waals surface area contributed by atoms with E-state index in [4.69, 9.17) is 14.0 Å². The summed E-state index contributed by atoms with van der Waals surface area (Å²) in [4.78, 5) is 0. The van der Waals surface area contributed by atoms with Crippen LogP contribution in [-0.4, -0.2) is 24.9 Å². The molecule has 0 amide bonds. The van der Waals surface area contributed by atoms with Crippen molar-refractivity contribution in [1.82, 2.24) is 0 Å². The van der Waals surface area contributed by atoms with Gasteiger partial charge in [-0.2, -0.15) is 0 Å². The largest absolute Gasteiger partial charge is 0.495 e. The third-order valence-electron chi connectivity index (χ3n) is 4.06. The molecule has 1 aliphatic heterocycles. The number of hydrogen-bond donors (Lipinski definition) is 0. The Morgan fingerprint density at radius 2 is 1.68 bits per heavy atom. The van der Waals surface area contributed by atoms with E-state index in [-0.39, 0.29) is 18.3 Å². The van der Waals surface area contributed by atoms with Crippen molar-refractivity contribution in [3.63, 3.8) is 0 Å². The Morgan fingerprint density at radius 1 is 1.11 bits per heavy atom. The lowest BCUT2D eigenvalue weighted by Gasteiger charge is -2.32. The minimum Gasteiger partial charge on any atom is -0.494 e. The summed E-state index contributed by atoms with van der Waals surface area (Å²) in [5.41, 5.74) is 1.59. The lowest BCUT2D eigenvalue weighted by Crippen LogP contribution is -2.41. The standard InChI is InChI=1S/C15H23BO3/c1-7-17-12-8-9-13(11(2)10-12)16-18-14(3,4)15(5,6)19-16/h8-10H,7H2,1-6H3. The number of ether oxygens (including phenoxy) is 1. The Balaban J connectivity index is 2.25. The SMILES string of the molecule is CCOc1ccc(B2OC(C)(C)C(C)(C)O2)c(C)c1. The summed E-state index contributed by atoms with van der Waals surface area (Å²) in [6.45, 7) is 13.0. The number of aryl methyl sites for hydroxylation is 1. The van der Waals surface area contributed by atoms with Crippen LogP contribution in [0.25, 0.3) is 0 Å². The van der Waals surface area contributed by atoms with Gasteiger partial charge in [-0.3, -0.25) is 0 Å². The Bertz CT molecular complexity index is 452. The van der Waals surface area contributed by atoms with Gasteiger partial charge in [0.05, 0.1) is 17.8 Å². The monoisotopic (exact) mass is 262 g/mol. The smallest absolute Gasteiger partial charge is 0.494 e. The van der Waals surface area contributed by atoms with Gasteiger partial charge in [-0.1, -0.05) is 6.07 Å². The highest BCUT2D eigenvalue weighted by atomic mass is 16.7. The second-order valence-electron chi connectivity index (χ2n) is 6.04. The quantitative estimate of drug-likeness (QED) is 0.784. The third-order valence-corrected chi connectivity index (χ3v) is 4.06. The molecule has 0 aromatic heterocycles. The average molecular weight is 262 g/mol. The minimum atomic E-state index is -0.305. The highest BCUT2D eigenvalue weighted by Gasteiger charge is 2.51. The van der Waals surface area contributed by atoms with Gasteiger partial charge in [0.1, 0.15) is 5.75 Å². The average Bonchev–Trinajstić information content (AvgIpc) is 2.48. The first kappa shape index (κ1) is 14.4. The Labute approximate surface area is 116 Å². The molecule has 1 saturated heterocycles. The van der Waals surface area contributed by atoms with E-state index in [0.717, 1.165) is 16.8 Å². The van der Waals surface area contributed by atoms with Gasteiger partial charge in [-0.25, -0.2) is 0 Å². The molecule has 4 heteroatoms. The Morgan fingerprint density at radius 3 is 2.16 bits per heavy atom. The van der Waals surface area contributed by atoms with Crippen molar-refractivity contribution in [2.24, 2.45) is 0 Å². The van der Waals surface area contributed by atoms with E-state index in [0.29, 0.717) is 6.61 Å². The predicted molar refractivity (Wildman–Crippen MR) is 78.1 cm³/mol. The van der Waals surface area contributed by atoms with Gasteiger partial charge in [-0.15, -0.1) is 0 Å². The summed E-state index contributed by atoms with van der Waals surface area (Å²) in [6, 6.07) is 6.03. The highest BCUT2D eigenvalue weighted by Crippen LogP contribution is 2.36. The Kier molecular flexibility index (Phi) is 3.67. The van der Waals surface area contributed by atoms with Crippen LogP contribution in [0.2, 0.25) is 0 Å². The van der Waals surface area contributed by atoms with Crippen LogP contribution in [-0.2, 0) is 9.31 Å². The molecule has 1 aliphatic rings. The van der Waals surface area contributed by atoms with Crippen LogP contribution in [0.4, 0.5) is 0 Å². The van der Waals surface area contributed by atoms with E-state index in [1.807, 2.05) is 25.1 Å². The van der Waals surface area contributed by atoms with Crippen LogP contribution in [0.15, 0.2) is 18.2 Å². The first-order chi connectivity index (χ1) is 8.77. The number of rotatable bonds is 3. The van der Waals surface area contributed by atoms with Crippen LogP contribution < -0.4 is 10.2 Å². The zero-order chi connectivity index (χ0) is 14.3. The van der Waals surface area contributed by atoms with Crippen molar-refractivity contribution < 1.29 is 14.0 Å². The van der Waals surface area contributed by atoms with Crippen LogP contribution in [0.1, 0.15) is 40.2 Å². The van der Waals surface area contributed by atoms with Crippen LogP contribution in [0.5, 0.6) is 5.75 Å². The maximum atomic E-state index is 6.07. The molecule has 0 saturated carbocycles. The van der Waals surface area contributed by atoms with Crippen molar-refractivity contribution in [3.8, 4) is 5.75 Å². The van der Waals surface area contributed by atoms with Crippen molar-refractivity contribution >= 4 is 12.6 Å². The molecular formula is C15H23BO3. The van der Waals surface area contributed by atoms with Crippen molar-refractivity contribution in [2.75, 3.05) is 6.61 Å². The molecule has 0 unspecified atom stereocenters. The van der Waals surface area contributed by atoms with Gasteiger partial charge >= 0.3 is 7.12 Å². The summed E-state index contributed by atoms with van der Waals surface area (Å²) in [7, 11) is -0.305. The van der Waals surface area contributed by atoms with E-state index < -0.39 is 0 Å². The molecule has 0 radical (unpaired) electrons. The fourth-order valence-electron chi connectivity index (χ4n) is 2.14. The molecule has 1 aromatic rings. The second kappa shape index (κ2) is 4.84. The van der Waals surface area contributed by atoms with E-state index in [9.17, 15) is 0 Å². The lowest BCUT2D eigenvalue weighted by molar-refractivity contribution is 0.00578. The van der Waals surface area contributed by atoms with Crippen LogP contribution in [0, 0.1) is 6.92 Å².